The molecular formula is C16H27N. The minimum Gasteiger partial charge on any atom is -0.383 e. The van der Waals surface area contributed by atoms with Crippen LogP contribution in [0.2, 0.25) is 0 Å². The fourth-order valence-electron chi connectivity index (χ4n) is 2.07. The molecular weight excluding hydrogens is 206 g/mol. The monoisotopic (exact) mass is 233 g/mol. The fraction of sp³-hybridized carbons (Fsp3) is 0.625. The Morgan fingerprint density at radius 1 is 1.00 bits per heavy atom. The van der Waals surface area contributed by atoms with E-state index in [1.807, 2.05) is 0 Å². The van der Waals surface area contributed by atoms with Gasteiger partial charge in [-0.05, 0) is 37.5 Å². The topological polar surface area (TPSA) is 12.0 Å². The van der Waals surface area contributed by atoms with Crippen molar-refractivity contribution in [1.82, 2.24) is 0 Å². The van der Waals surface area contributed by atoms with Gasteiger partial charge >= 0.3 is 0 Å². The first kappa shape index (κ1) is 14.1. The highest BCUT2D eigenvalue weighted by molar-refractivity contribution is 5.45. The summed E-state index contributed by atoms with van der Waals surface area (Å²) >= 11 is 0. The highest BCUT2D eigenvalue weighted by Gasteiger charge is 2.01. The number of hydrogen-bond acceptors (Lipinski definition) is 1. The van der Waals surface area contributed by atoms with Gasteiger partial charge in [-0.2, -0.15) is 0 Å². The summed E-state index contributed by atoms with van der Waals surface area (Å²) in [7, 11) is 0. The molecule has 0 aliphatic heterocycles. The molecule has 0 saturated heterocycles. The second-order valence-electron chi connectivity index (χ2n) is 4.95. The first-order valence-corrected chi connectivity index (χ1v) is 7.11. The van der Waals surface area contributed by atoms with Crippen molar-refractivity contribution in [2.45, 2.75) is 65.3 Å². The molecule has 1 aromatic carbocycles. The highest BCUT2D eigenvalue weighted by atomic mass is 14.9. The van der Waals surface area contributed by atoms with Crippen molar-refractivity contribution in [3.63, 3.8) is 0 Å². The third-order valence-electron chi connectivity index (χ3n) is 3.27. The summed E-state index contributed by atoms with van der Waals surface area (Å²) in [5.74, 6) is 0. The molecule has 0 saturated carbocycles. The van der Waals surface area contributed by atoms with E-state index in [0.717, 1.165) is 6.42 Å². The van der Waals surface area contributed by atoms with Crippen molar-refractivity contribution in [3.05, 3.63) is 29.8 Å². The number of nitrogens with one attached hydrogen (secondary N) is 1. The Bertz CT molecular complexity index is 289. The Balaban J connectivity index is 2.26. The molecule has 1 heteroatoms. The molecule has 1 nitrogen and oxygen atoms in total. The van der Waals surface area contributed by atoms with Gasteiger partial charge in [0, 0.05) is 11.7 Å². The third kappa shape index (κ3) is 5.76. The Morgan fingerprint density at radius 3 is 2.29 bits per heavy atom. The zero-order chi connectivity index (χ0) is 12.5. The van der Waals surface area contributed by atoms with Crippen LogP contribution in [0.4, 0.5) is 5.69 Å². The van der Waals surface area contributed by atoms with Gasteiger partial charge in [-0.3, -0.25) is 0 Å². The molecule has 17 heavy (non-hydrogen) atoms. The summed E-state index contributed by atoms with van der Waals surface area (Å²) in [4.78, 5) is 0. The van der Waals surface area contributed by atoms with Crippen LogP contribution < -0.4 is 5.32 Å². The number of unbranched alkanes of at least 4 members (excludes halogenated alkanes) is 3. The van der Waals surface area contributed by atoms with Crippen LogP contribution in [0.15, 0.2) is 24.3 Å². The standard InChI is InChI=1S/C16H27N/c1-4-6-7-8-9-14(3)17-16-12-10-15(5-2)11-13-16/h10-14,17H,4-9H2,1-3H3. The molecule has 0 aliphatic carbocycles. The Morgan fingerprint density at radius 2 is 1.71 bits per heavy atom. The van der Waals surface area contributed by atoms with E-state index in [2.05, 4.69) is 50.4 Å². The maximum absolute atomic E-state index is 3.57. The lowest BCUT2D eigenvalue weighted by molar-refractivity contribution is 0.594. The smallest absolute Gasteiger partial charge is 0.0342 e. The molecule has 0 aromatic heterocycles. The van der Waals surface area contributed by atoms with E-state index in [-0.39, 0.29) is 0 Å². The van der Waals surface area contributed by atoms with E-state index in [4.69, 9.17) is 0 Å². The lowest BCUT2D eigenvalue weighted by Crippen LogP contribution is -2.14. The molecule has 0 radical (unpaired) electrons. The minimum absolute atomic E-state index is 0.583. The van der Waals surface area contributed by atoms with Gasteiger partial charge in [0.2, 0.25) is 0 Å². The number of hydrogen-bond donors (Lipinski definition) is 1. The molecule has 0 aliphatic rings. The van der Waals surface area contributed by atoms with Crippen molar-refractivity contribution in [2.24, 2.45) is 0 Å². The maximum Gasteiger partial charge on any atom is 0.0342 e. The molecule has 1 rings (SSSR count). The Kier molecular flexibility index (Phi) is 6.76. The summed E-state index contributed by atoms with van der Waals surface area (Å²) in [6.45, 7) is 6.73. The second-order valence-corrected chi connectivity index (χ2v) is 4.95. The van der Waals surface area contributed by atoms with Crippen LogP contribution in [-0.2, 0) is 6.42 Å². The van der Waals surface area contributed by atoms with Crippen LogP contribution in [0.1, 0.15) is 58.4 Å². The van der Waals surface area contributed by atoms with Gasteiger partial charge in [0.1, 0.15) is 0 Å². The predicted molar refractivity (Wildman–Crippen MR) is 77.7 cm³/mol. The van der Waals surface area contributed by atoms with Crippen molar-refractivity contribution in [2.75, 3.05) is 5.32 Å². The van der Waals surface area contributed by atoms with Gasteiger partial charge in [-0.1, -0.05) is 51.7 Å². The van der Waals surface area contributed by atoms with E-state index in [9.17, 15) is 0 Å². The van der Waals surface area contributed by atoms with Gasteiger partial charge in [-0.25, -0.2) is 0 Å². The molecule has 0 heterocycles. The normalized spacial score (nSPS) is 12.4. The van der Waals surface area contributed by atoms with E-state index in [0.29, 0.717) is 6.04 Å². The SMILES string of the molecule is CCCCCCC(C)Nc1ccc(CC)cc1. The number of benzene rings is 1. The van der Waals surface area contributed by atoms with Crippen LogP contribution in [0.25, 0.3) is 0 Å². The van der Waals surface area contributed by atoms with E-state index < -0.39 is 0 Å². The quantitative estimate of drug-likeness (QED) is 0.622. The predicted octanol–water partition coefficient (Wildman–Crippen LogP) is 5.02. The number of anilines is 1. The number of rotatable bonds is 8. The van der Waals surface area contributed by atoms with Crippen LogP contribution in [-0.4, -0.2) is 6.04 Å². The lowest BCUT2D eigenvalue weighted by atomic mass is 10.1. The van der Waals surface area contributed by atoms with Gasteiger partial charge in [-0.15, -0.1) is 0 Å². The van der Waals surface area contributed by atoms with Crippen molar-refractivity contribution in [3.8, 4) is 0 Å². The lowest BCUT2D eigenvalue weighted by Gasteiger charge is -2.15. The second kappa shape index (κ2) is 8.16. The molecule has 0 spiro atoms. The zero-order valence-corrected chi connectivity index (χ0v) is 11.6. The third-order valence-corrected chi connectivity index (χ3v) is 3.27. The summed E-state index contributed by atoms with van der Waals surface area (Å²) < 4.78 is 0. The highest BCUT2D eigenvalue weighted by Crippen LogP contribution is 2.14. The van der Waals surface area contributed by atoms with E-state index in [1.54, 1.807) is 0 Å². The molecule has 1 unspecified atom stereocenters. The summed E-state index contributed by atoms with van der Waals surface area (Å²) in [5.41, 5.74) is 2.66. The summed E-state index contributed by atoms with van der Waals surface area (Å²) in [5, 5.41) is 3.57. The maximum atomic E-state index is 3.57. The first-order chi connectivity index (χ1) is 8.26. The molecule has 0 amide bonds. The largest absolute Gasteiger partial charge is 0.383 e. The van der Waals surface area contributed by atoms with Gasteiger partial charge < -0.3 is 5.32 Å². The van der Waals surface area contributed by atoms with Gasteiger partial charge in [0.15, 0.2) is 0 Å². The Hall–Kier alpha value is -0.980. The van der Waals surface area contributed by atoms with Crippen molar-refractivity contribution < 1.29 is 0 Å². The summed E-state index contributed by atoms with van der Waals surface area (Å²) in [6.07, 6.45) is 7.80. The number of aryl methyl sites for hydroxylation is 1. The molecule has 1 N–H and O–H groups in total. The fourth-order valence-corrected chi connectivity index (χ4v) is 2.07. The molecule has 1 aromatic rings. The van der Waals surface area contributed by atoms with Crippen LogP contribution in [0, 0.1) is 0 Å². The van der Waals surface area contributed by atoms with Crippen molar-refractivity contribution in [1.29, 1.82) is 0 Å². The van der Waals surface area contributed by atoms with Crippen LogP contribution >= 0.6 is 0 Å². The van der Waals surface area contributed by atoms with Crippen molar-refractivity contribution >= 4 is 5.69 Å². The van der Waals surface area contributed by atoms with Gasteiger partial charge in [0.25, 0.3) is 0 Å². The molecule has 96 valence electrons. The average molecular weight is 233 g/mol. The Labute approximate surface area is 107 Å². The van der Waals surface area contributed by atoms with E-state index in [1.165, 1.54) is 43.4 Å². The summed E-state index contributed by atoms with van der Waals surface area (Å²) in [6, 6.07) is 9.40. The zero-order valence-electron chi connectivity index (χ0n) is 11.6. The minimum atomic E-state index is 0.583. The molecule has 0 fully saturated rings. The van der Waals surface area contributed by atoms with E-state index >= 15 is 0 Å². The van der Waals surface area contributed by atoms with Crippen LogP contribution in [0.3, 0.4) is 0 Å². The first-order valence-electron chi connectivity index (χ1n) is 7.11. The average Bonchev–Trinajstić information content (AvgIpc) is 2.36. The molecule has 1 atom stereocenters. The molecule has 0 bridgehead atoms. The van der Waals surface area contributed by atoms with Crippen LogP contribution in [0.5, 0.6) is 0 Å². The van der Waals surface area contributed by atoms with Gasteiger partial charge in [0.05, 0.1) is 0 Å².